The zero-order chi connectivity index (χ0) is 20.2. The summed E-state index contributed by atoms with van der Waals surface area (Å²) in [5.74, 6) is 0.705. The van der Waals surface area contributed by atoms with Gasteiger partial charge in [0.25, 0.3) is 0 Å². The van der Waals surface area contributed by atoms with E-state index in [-0.39, 0.29) is 13.1 Å². The number of benzene rings is 1. The van der Waals surface area contributed by atoms with Gasteiger partial charge in [-0.2, -0.15) is 4.31 Å². The van der Waals surface area contributed by atoms with Gasteiger partial charge in [-0.1, -0.05) is 30.3 Å². The topological polar surface area (TPSA) is 92.6 Å². The van der Waals surface area contributed by atoms with Crippen molar-refractivity contribution in [1.82, 2.24) is 18.2 Å². The lowest BCUT2D eigenvalue weighted by molar-refractivity contribution is 0.0745. The third kappa shape index (κ3) is 3.18. The number of aromatic nitrogens is 2. The monoisotopic (exact) mass is 424 g/mol. The Morgan fingerprint density at radius 1 is 0.893 bits per heavy atom. The van der Waals surface area contributed by atoms with Crippen molar-refractivity contribution in [2.45, 2.75) is 24.9 Å². The Hall–Kier alpha value is -1.75. The molecule has 152 valence electrons. The van der Waals surface area contributed by atoms with Crippen LogP contribution in [0, 0.1) is 0 Å². The summed E-state index contributed by atoms with van der Waals surface area (Å²) in [6.45, 7) is 1.42. The van der Waals surface area contributed by atoms with Crippen LogP contribution in [0.25, 0.3) is 11.3 Å². The second kappa shape index (κ2) is 6.65. The highest BCUT2D eigenvalue weighted by Gasteiger charge is 2.51. The van der Waals surface area contributed by atoms with Crippen molar-refractivity contribution >= 4 is 20.0 Å². The second-order valence-corrected chi connectivity index (χ2v) is 11.4. The van der Waals surface area contributed by atoms with Crippen molar-refractivity contribution in [2.75, 3.05) is 32.1 Å². The minimum absolute atomic E-state index is 0.276. The fourth-order valence-electron chi connectivity index (χ4n) is 4.47. The highest BCUT2D eigenvalue weighted by atomic mass is 32.2. The second-order valence-electron chi connectivity index (χ2n) is 7.51. The third-order valence-electron chi connectivity index (χ3n) is 5.76. The Balaban J connectivity index is 1.81. The van der Waals surface area contributed by atoms with Crippen LogP contribution >= 0.6 is 0 Å². The number of rotatable bonds is 3. The van der Waals surface area contributed by atoms with Gasteiger partial charge in [-0.3, -0.25) is 0 Å². The Kier molecular flexibility index (Phi) is 4.65. The van der Waals surface area contributed by atoms with Crippen LogP contribution in [0.2, 0.25) is 0 Å². The van der Waals surface area contributed by atoms with Crippen LogP contribution in [0.15, 0.2) is 36.5 Å². The highest BCUT2D eigenvalue weighted by molar-refractivity contribution is 7.88. The molecule has 1 fully saturated rings. The molecule has 0 amide bonds. The maximum absolute atomic E-state index is 12.6. The summed E-state index contributed by atoms with van der Waals surface area (Å²) in [5.41, 5.74) is 1.16. The van der Waals surface area contributed by atoms with Crippen molar-refractivity contribution in [3.63, 3.8) is 0 Å². The van der Waals surface area contributed by atoms with E-state index in [1.165, 1.54) is 21.1 Å². The molecule has 0 unspecified atom stereocenters. The Labute approximate surface area is 165 Å². The first kappa shape index (κ1) is 19.6. The average Bonchev–Trinajstić information content (AvgIpc) is 3.07. The summed E-state index contributed by atoms with van der Waals surface area (Å²) in [5, 5.41) is 0. The maximum Gasteiger partial charge on any atom is 0.212 e. The van der Waals surface area contributed by atoms with Gasteiger partial charge in [0, 0.05) is 26.2 Å². The first-order valence-electron chi connectivity index (χ1n) is 9.17. The number of piperidine rings is 1. The van der Waals surface area contributed by atoms with Crippen LogP contribution in [-0.4, -0.2) is 67.1 Å². The number of fused-ring (bicyclic) bond motifs is 2. The predicted octanol–water partition coefficient (Wildman–Crippen LogP) is 1.08. The van der Waals surface area contributed by atoms with E-state index in [0.29, 0.717) is 31.8 Å². The third-order valence-corrected chi connectivity index (χ3v) is 8.40. The maximum atomic E-state index is 12.6. The molecule has 28 heavy (non-hydrogen) atoms. The first-order chi connectivity index (χ1) is 13.1. The van der Waals surface area contributed by atoms with Crippen molar-refractivity contribution < 1.29 is 16.8 Å². The summed E-state index contributed by atoms with van der Waals surface area (Å²) in [4.78, 5) is 4.65. The van der Waals surface area contributed by atoms with E-state index in [9.17, 15) is 16.8 Å². The highest BCUT2D eigenvalue weighted by Crippen LogP contribution is 2.43. The molecule has 0 radical (unpaired) electrons. The molecule has 0 atom stereocenters. The number of nitrogens with zero attached hydrogens (tertiary/aromatic N) is 4. The van der Waals surface area contributed by atoms with Gasteiger partial charge in [0.15, 0.2) is 0 Å². The van der Waals surface area contributed by atoms with E-state index in [1.54, 1.807) is 6.20 Å². The van der Waals surface area contributed by atoms with E-state index >= 15 is 0 Å². The van der Waals surface area contributed by atoms with Crippen LogP contribution in [-0.2, 0) is 32.1 Å². The summed E-state index contributed by atoms with van der Waals surface area (Å²) < 4.78 is 54.1. The lowest BCUT2D eigenvalue weighted by Gasteiger charge is -2.49. The van der Waals surface area contributed by atoms with Crippen molar-refractivity contribution in [2.24, 2.45) is 0 Å². The van der Waals surface area contributed by atoms with Crippen molar-refractivity contribution in [3.05, 3.63) is 42.4 Å². The predicted molar refractivity (Wildman–Crippen MR) is 107 cm³/mol. The molecule has 0 saturated carbocycles. The van der Waals surface area contributed by atoms with Crippen LogP contribution in [0.4, 0.5) is 0 Å². The van der Waals surface area contributed by atoms with Gasteiger partial charge in [-0.25, -0.2) is 26.1 Å². The molecule has 3 heterocycles. The zero-order valence-corrected chi connectivity index (χ0v) is 17.6. The van der Waals surface area contributed by atoms with E-state index in [4.69, 9.17) is 0 Å². The standard InChI is InChI=1S/C18H24N4O4S2/c1-27(23,24)20-10-8-18(9-11-20)17-19-14-16(15-6-4-3-5-7-15)21(17)12-13-22(18)28(2,25)26/h3-7,14H,8-13H2,1-2H3. The van der Waals surface area contributed by atoms with E-state index in [1.807, 2.05) is 30.3 Å². The van der Waals surface area contributed by atoms with E-state index < -0.39 is 25.6 Å². The molecular formula is C18H24N4O4S2. The summed E-state index contributed by atoms with van der Waals surface area (Å²) in [6.07, 6.45) is 4.97. The molecule has 0 aliphatic carbocycles. The minimum atomic E-state index is -3.47. The van der Waals surface area contributed by atoms with E-state index in [0.717, 1.165) is 11.3 Å². The summed E-state index contributed by atoms with van der Waals surface area (Å²) in [7, 11) is -6.78. The molecule has 2 aliphatic rings. The molecule has 1 aromatic carbocycles. The minimum Gasteiger partial charge on any atom is -0.325 e. The fraction of sp³-hybridized carbons (Fsp3) is 0.500. The van der Waals surface area contributed by atoms with Crippen molar-refractivity contribution in [3.8, 4) is 11.3 Å². The zero-order valence-electron chi connectivity index (χ0n) is 15.9. The molecule has 8 nitrogen and oxygen atoms in total. The van der Waals surface area contributed by atoms with Gasteiger partial charge >= 0.3 is 0 Å². The Bertz CT molecular complexity index is 1090. The van der Waals surface area contributed by atoms with Gasteiger partial charge in [-0.05, 0) is 18.4 Å². The molecule has 1 saturated heterocycles. The molecule has 10 heteroatoms. The molecule has 1 spiro atoms. The fourth-order valence-corrected chi connectivity index (χ4v) is 6.63. The number of imidazole rings is 1. The average molecular weight is 425 g/mol. The lowest BCUT2D eigenvalue weighted by atomic mass is 9.86. The molecule has 1 aromatic heterocycles. The molecular weight excluding hydrogens is 400 g/mol. The Morgan fingerprint density at radius 2 is 1.54 bits per heavy atom. The number of sulfonamides is 2. The lowest BCUT2D eigenvalue weighted by Crippen LogP contribution is -2.59. The van der Waals surface area contributed by atoms with Crippen LogP contribution < -0.4 is 0 Å². The van der Waals surface area contributed by atoms with Crippen LogP contribution in [0.1, 0.15) is 18.7 Å². The molecule has 2 aliphatic heterocycles. The molecule has 0 N–H and O–H groups in total. The van der Waals surface area contributed by atoms with Crippen LogP contribution in [0.5, 0.6) is 0 Å². The van der Waals surface area contributed by atoms with E-state index in [2.05, 4.69) is 9.55 Å². The van der Waals surface area contributed by atoms with Gasteiger partial charge in [0.1, 0.15) is 5.82 Å². The number of hydrogen-bond acceptors (Lipinski definition) is 5. The smallest absolute Gasteiger partial charge is 0.212 e. The van der Waals surface area contributed by atoms with Gasteiger partial charge < -0.3 is 4.57 Å². The largest absolute Gasteiger partial charge is 0.325 e. The van der Waals surface area contributed by atoms with Gasteiger partial charge in [0.05, 0.1) is 29.9 Å². The van der Waals surface area contributed by atoms with Gasteiger partial charge in [0.2, 0.25) is 20.0 Å². The van der Waals surface area contributed by atoms with Crippen molar-refractivity contribution in [1.29, 1.82) is 0 Å². The quantitative estimate of drug-likeness (QED) is 0.735. The SMILES string of the molecule is CS(=O)(=O)N1CCC2(CC1)c1ncc(-c3ccccc3)n1CCN2S(C)(=O)=O. The van der Waals surface area contributed by atoms with Crippen LogP contribution in [0.3, 0.4) is 0 Å². The molecule has 0 bridgehead atoms. The molecule has 2 aromatic rings. The molecule has 4 rings (SSSR count). The summed E-state index contributed by atoms with van der Waals surface area (Å²) >= 11 is 0. The normalized spacial score (nSPS) is 20.9. The summed E-state index contributed by atoms with van der Waals surface area (Å²) in [6, 6.07) is 9.88. The Morgan fingerprint density at radius 3 is 2.11 bits per heavy atom. The first-order valence-corrected chi connectivity index (χ1v) is 12.9. The van der Waals surface area contributed by atoms with Gasteiger partial charge in [-0.15, -0.1) is 0 Å². The number of hydrogen-bond donors (Lipinski definition) is 0.